The predicted octanol–water partition coefficient (Wildman–Crippen LogP) is 3.00. The summed E-state index contributed by atoms with van der Waals surface area (Å²) < 4.78 is 4.46. The molecule has 0 saturated carbocycles. The lowest BCUT2D eigenvalue weighted by Crippen LogP contribution is -1.98. The molecule has 5 nitrogen and oxygen atoms in total. The highest BCUT2D eigenvalue weighted by atomic mass is 16.5. The smallest absolute Gasteiger partial charge is 0.305 e. The molecular formula is C14H30O5. The van der Waals surface area contributed by atoms with Crippen LogP contribution in [0, 0.1) is 0 Å². The number of aliphatic carboxylic acids is 1. The van der Waals surface area contributed by atoms with Gasteiger partial charge in [-0.1, -0.05) is 39.5 Å². The summed E-state index contributed by atoms with van der Waals surface area (Å²) in [4.78, 5) is 20.3. The molecule has 0 aromatic carbocycles. The van der Waals surface area contributed by atoms with Crippen LogP contribution in [0.4, 0.5) is 0 Å². The van der Waals surface area contributed by atoms with Gasteiger partial charge in [0.05, 0.1) is 7.11 Å². The van der Waals surface area contributed by atoms with Gasteiger partial charge >= 0.3 is 11.9 Å². The van der Waals surface area contributed by atoms with Crippen LogP contribution in [0.5, 0.6) is 0 Å². The fourth-order valence-electron chi connectivity index (χ4n) is 1.15. The van der Waals surface area contributed by atoms with Crippen LogP contribution in [0.15, 0.2) is 0 Å². The number of rotatable bonds is 8. The molecule has 5 heteroatoms. The number of carboxylic acids is 1. The topological polar surface area (TPSA) is 83.8 Å². The van der Waals surface area contributed by atoms with E-state index in [0.717, 1.165) is 45.6 Å². The minimum Gasteiger partial charge on any atom is -0.481 e. The number of carbonyl (C=O) groups excluding carboxylic acids is 1. The Hall–Kier alpha value is -1.10. The molecule has 0 fully saturated rings. The molecule has 0 spiro atoms. The van der Waals surface area contributed by atoms with Gasteiger partial charge in [0.15, 0.2) is 0 Å². The Kier molecular flexibility index (Phi) is 26.8. The molecule has 0 aromatic rings. The minimum atomic E-state index is -0.682. The fourth-order valence-corrected chi connectivity index (χ4v) is 1.15. The summed E-state index contributed by atoms with van der Waals surface area (Å²) in [6.07, 6.45) is 7.08. The van der Waals surface area contributed by atoms with Crippen molar-refractivity contribution in [1.82, 2.24) is 0 Å². The number of aliphatic hydroxyl groups is 1. The van der Waals surface area contributed by atoms with Gasteiger partial charge in [0, 0.05) is 20.0 Å². The van der Waals surface area contributed by atoms with E-state index in [1.807, 2.05) is 0 Å². The number of methoxy groups -OCH3 is 1. The van der Waals surface area contributed by atoms with Crippen molar-refractivity contribution in [3.05, 3.63) is 0 Å². The standard InChI is InChI=1S/C7H14O2.C6H12O2.CH4O/c1-3-4-5-6-7(8)9-2;1-2-3-4-5-6(7)8;1-2/h3-6H2,1-2H3;2-5H2,1H3,(H,7,8);2H,1H3. The van der Waals surface area contributed by atoms with E-state index in [1.54, 1.807) is 0 Å². The van der Waals surface area contributed by atoms with Crippen molar-refractivity contribution < 1.29 is 24.5 Å². The van der Waals surface area contributed by atoms with E-state index in [2.05, 4.69) is 18.6 Å². The lowest BCUT2D eigenvalue weighted by Gasteiger charge is -1.95. The van der Waals surface area contributed by atoms with E-state index in [-0.39, 0.29) is 5.97 Å². The first-order valence-corrected chi connectivity index (χ1v) is 6.81. The molecule has 0 amide bonds. The van der Waals surface area contributed by atoms with Crippen LogP contribution in [0.25, 0.3) is 0 Å². The van der Waals surface area contributed by atoms with Gasteiger partial charge in [-0.3, -0.25) is 9.59 Å². The maximum Gasteiger partial charge on any atom is 0.305 e. The van der Waals surface area contributed by atoms with Gasteiger partial charge in [-0.2, -0.15) is 0 Å². The van der Waals surface area contributed by atoms with Crippen molar-refractivity contribution >= 4 is 11.9 Å². The van der Waals surface area contributed by atoms with Gasteiger partial charge in [-0.25, -0.2) is 0 Å². The number of ether oxygens (including phenoxy) is 1. The van der Waals surface area contributed by atoms with Gasteiger partial charge in [-0.05, 0) is 12.8 Å². The molecule has 0 atom stereocenters. The summed E-state index contributed by atoms with van der Waals surface area (Å²) in [6, 6.07) is 0. The second kappa shape index (κ2) is 22.1. The van der Waals surface area contributed by atoms with Gasteiger partial charge in [-0.15, -0.1) is 0 Å². The van der Waals surface area contributed by atoms with E-state index in [4.69, 9.17) is 10.2 Å². The molecular weight excluding hydrogens is 248 g/mol. The number of carbonyl (C=O) groups is 2. The molecule has 0 saturated heterocycles. The Morgan fingerprint density at radius 1 is 0.895 bits per heavy atom. The zero-order chi connectivity index (χ0) is 15.5. The fraction of sp³-hybridized carbons (Fsp3) is 0.857. The first kappa shape index (κ1) is 23.0. The molecule has 0 heterocycles. The number of unbranched alkanes of at least 4 members (excludes halogenated alkanes) is 4. The average Bonchev–Trinajstić information content (AvgIpc) is 2.42. The third-order valence-corrected chi connectivity index (χ3v) is 2.21. The van der Waals surface area contributed by atoms with Crippen molar-refractivity contribution in [2.45, 2.75) is 65.2 Å². The number of esters is 1. The minimum absolute atomic E-state index is 0.0940. The van der Waals surface area contributed by atoms with Crippen LogP contribution in [0.3, 0.4) is 0 Å². The highest BCUT2D eigenvalue weighted by Crippen LogP contribution is 1.99. The number of aliphatic hydroxyl groups excluding tert-OH is 1. The Labute approximate surface area is 117 Å². The molecule has 0 aliphatic carbocycles. The van der Waals surface area contributed by atoms with Crippen molar-refractivity contribution in [3.63, 3.8) is 0 Å². The summed E-state index contributed by atoms with van der Waals surface area (Å²) in [5.41, 5.74) is 0. The largest absolute Gasteiger partial charge is 0.481 e. The summed E-state index contributed by atoms with van der Waals surface area (Å²) in [7, 11) is 2.42. The maximum absolute atomic E-state index is 10.5. The Bertz CT molecular complexity index is 192. The summed E-state index contributed by atoms with van der Waals surface area (Å²) >= 11 is 0. The van der Waals surface area contributed by atoms with Gasteiger partial charge < -0.3 is 14.9 Å². The van der Waals surface area contributed by atoms with Crippen molar-refractivity contribution in [1.29, 1.82) is 0 Å². The van der Waals surface area contributed by atoms with E-state index in [1.165, 1.54) is 7.11 Å². The number of hydrogen-bond donors (Lipinski definition) is 2. The highest BCUT2D eigenvalue weighted by molar-refractivity contribution is 5.68. The molecule has 0 aliphatic rings. The first-order valence-electron chi connectivity index (χ1n) is 6.81. The normalized spacial score (nSPS) is 8.47. The monoisotopic (exact) mass is 278 g/mol. The molecule has 0 unspecified atom stereocenters. The lowest BCUT2D eigenvalue weighted by molar-refractivity contribution is -0.140. The third-order valence-electron chi connectivity index (χ3n) is 2.21. The molecule has 2 N–H and O–H groups in total. The van der Waals surface area contributed by atoms with Crippen LogP contribution in [-0.4, -0.2) is 36.4 Å². The second-order valence-electron chi connectivity index (χ2n) is 3.88. The molecule has 0 aliphatic heterocycles. The van der Waals surface area contributed by atoms with Crippen LogP contribution in [0.1, 0.15) is 65.2 Å². The SMILES string of the molecule is CCCCCC(=O)O.CCCCCC(=O)OC.CO. The van der Waals surface area contributed by atoms with Gasteiger partial charge in [0.25, 0.3) is 0 Å². The van der Waals surface area contributed by atoms with Crippen LogP contribution >= 0.6 is 0 Å². The predicted molar refractivity (Wildman–Crippen MR) is 76.1 cm³/mol. The van der Waals surface area contributed by atoms with Gasteiger partial charge in [0.1, 0.15) is 0 Å². The Morgan fingerprint density at radius 2 is 1.32 bits per heavy atom. The van der Waals surface area contributed by atoms with Crippen LogP contribution in [-0.2, 0) is 14.3 Å². The number of hydrogen-bond acceptors (Lipinski definition) is 4. The van der Waals surface area contributed by atoms with E-state index >= 15 is 0 Å². The zero-order valence-corrected chi connectivity index (χ0v) is 12.8. The Balaban J connectivity index is -0.000000239. The van der Waals surface area contributed by atoms with E-state index in [9.17, 15) is 9.59 Å². The lowest BCUT2D eigenvalue weighted by atomic mass is 10.2. The molecule has 0 bridgehead atoms. The molecule has 19 heavy (non-hydrogen) atoms. The van der Waals surface area contributed by atoms with Crippen molar-refractivity contribution in [2.24, 2.45) is 0 Å². The molecule has 116 valence electrons. The van der Waals surface area contributed by atoms with E-state index < -0.39 is 5.97 Å². The quantitative estimate of drug-likeness (QED) is 0.526. The Morgan fingerprint density at radius 3 is 1.63 bits per heavy atom. The highest BCUT2D eigenvalue weighted by Gasteiger charge is 1.96. The van der Waals surface area contributed by atoms with Gasteiger partial charge in [0.2, 0.25) is 0 Å². The average molecular weight is 278 g/mol. The molecule has 0 radical (unpaired) electrons. The first-order chi connectivity index (χ1) is 9.08. The summed E-state index contributed by atoms with van der Waals surface area (Å²) in [5.74, 6) is -0.776. The van der Waals surface area contributed by atoms with Crippen molar-refractivity contribution in [2.75, 3.05) is 14.2 Å². The zero-order valence-electron chi connectivity index (χ0n) is 12.8. The molecule has 0 aromatic heterocycles. The third kappa shape index (κ3) is 31.6. The molecule has 0 rings (SSSR count). The second-order valence-corrected chi connectivity index (χ2v) is 3.88. The number of carboxylic acid groups (broad SMARTS) is 1. The van der Waals surface area contributed by atoms with Crippen LogP contribution < -0.4 is 0 Å². The summed E-state index contributed by atoms with van der Waals surface area (Å²) in [6.45, 7) is 4.17. The maximum atomic E-state index is 10.5. The van der Waals surface area contributed by atoms with Crippen molar-refractivity contribution in [3.8, 4) is 0 Å². The van der Waals surface area contributed by atoms with Crippen LogP contribution in [0.2, 0.25) is 0 Å². The summed E-state index contributed by atoms with van der Waals surface area (Å²) in [5, 5.41) is 15.1. The van der Waals surface area contributed by atoms with E-state index in [0.29, 0.717) is 12.8 Å².